The Morgan fingerprint density at radius 3 is 2.49 bits per heavy atom. The fourth-order valence-corrected chi connectivity index (χ4v) is 3.87. The van der Waals surface area contributed by atoms with Gasteiger partial charge in [-0.25, -0.2) is 4.79 Å². The van der Waals surface area contributed by atoms with Crippen LogP contribution in [-0.4, -0.2) is 30.3 Å². The lowest BCUT2D eigenvalue weighted by molar-refractivity contribution is -0.111. The Morgan fingerprint density at radius 2 is 1.77 bits per heavy atom. The van der Waals surface area contributed by atoms with Gasteiger partial charge in [0.2, 0.25) is 5.91 Å². The Kier molecular flexibility index (Phi) is 10.9. The fourth-order valence-electron chi connectivity index (χ4n) is 3.87. The van der Waals surface area contributed by atoms with E-state index in [0.29, 0.717) is 46.8 Å². The van der Waals surface area contributed by atoms with Gasteiger partial charge in [0.15, 0.2) is 0 Å². The Balaban J connectivity index is 1.69. The number of benzene rings is 3. The molecule has 2 atom stereocenters. The van der Waals surface area contributed by atoms with Crippen molar-refractivity contribution in [2.45, 2.75) is 25.9 Å². The van der Waals surface area contributed by atoms with E-state index in [1.165, 1.54) is 6.08 Å². The summed E-state index contributed by atoms with van der Waals surface area (Å²) in [6.07, 6.45) is 3.02. The molecule has 3 aromatic carbocycles. The number of anilines is 3. The smallest absolute Gasteiger partial charge is 0.412 e. The number of carbonyl (C=O) groups is 2. The van der Waals surface area contributed by atoms with E-state index in [9.17, 15) is 14.7 Å². The van der Waals surface area contributed by atoms with Gasteiger partial charge >= 0.3 is 6.09 Å². The van der Waals surface area contributed by atoms with Gasteiger partial charge in [-0.05, 0) is 67.3 Å². The summed E-state index contributed by atoms with van der Waals surface area (Å²) in [7, 11) is 0. The first-order valence-electron chi connectivity index (χ1n) is 12.5. The lowest BCUT2D eigenvalue weighted by Gasteiger charge is -2.26. The van der Waals surface area contributed by atoms with Crippen LogP contribution in [0.25, 0.3) is 0 Å². The first-order valence-corrected chi connectivity index (χ1v) is 12.5. The third kappa shape index (κ3) is 8.91. The second kappa shape index (κ2) is 14.8. The van der Waals surface area contributed by atoms with Crippen molar-refractivity contribution in [3.8, 4) is 11.8 Å². The molecule has 0 aliphatic rings. The van der Waals surface area contributed by atoms with E-state index in [1.54, 1.807) is 66.7 Å². The lowest BCUT2D eigenvalue weighted by atomic mass is 9.92. The van der Waals surface area contributed by atoms with Crippen LogP contribution in [0, 0.1) is 17.2 Å². The van der Waals surface area contributed by atoms with Crippen molar-refractivity contribution in [2.75, 3.05) is 29.6 Å². The monoisotopic (exact) mass is 528 g/mol. The molecule has 0 radical (unpaired) electrons. The summed E-state index contributed by atoms with van der Waals surface area (Å²) < 4.78 is 11.6. The van der Waals surface area contributed by atoms with Crippen LogP contribution in [0.4, 0.5) is 21.9 Å². The maximum Gasteiger partial charge on any atom is 0.412 e. The normalized spacial score (nSPS) is 12.2. The van der Waals surface area contributed by atoms with Crippen LogP contribution in [0.1, 0.15) is 37.0 Å². The quantitative estimate of drug-likeness (QED) is 0.181. The number of allylic oxidation sites excluding steroid dienone is 1. The molecule has 0 saturated carbocycles. The van der Waals surface area contributed by atoms with Crippen LogP contribution in [0.2, 0.25) is 0 Å². The molecule has 0 aliphatic carbocycles. The minimum Gasteiger partial charge on any atom is -0.491 e. The van der Waals surface area contributed by atoms with Gasteiger partial charge in [0.05, 0.1) is 29.6 Å². The van der Waals surface area contributed by atoms with E-state index in [0.717, 1.165) is 0 Å². The minimum atomic E-state index is -0.676. The van der Waals surface area contributed by atoms with E-state index >= 15 is 0 Å². The molecule has 2 amide bonds. The summed E-state index contributed by atoms with van der Waals surface area (Å²) in [6.45, 7) is 1.89. The third-order valence-electron chi connectivity index (χ3n) is 5.86. The van der Waals surface area contributed by atoms with Gasteiger partial charge in [-0.15, -0.1) is 0 Å². The number of ether oxygens (including phenoxy) is 2. The van der Waals surface area contributed by atoms with Crippen LogP contribution in [0.5, 0.6) is 5.75 Å². The molecule has 0 spiro atoms. The largest absolute Gasteiger partial charge is 0.491 e. The summed E-state index contributed by atoms with van der Waals surface area (Å²) in [5.74, 6) is 0.0518. The number of aliphatic hydroxyl groups excluding tert-OH is 1. The summed E-state index contributed by atoms with van der Waals surface area (Å²) in [5.41, 5.74) is 8.52. The zero-order valence-electron chi connectivity index (χ0n) is 21.7. The lowest BCUT2D eigenvalue weighted by Crippen LogP contribution is -2.22. The van der Waals surface area contributed by atoms with Gasteiger partial charge in [0, 0.05) is 11.3 Å². The molecule has 0 unspecified atom stereocenters. The second-order valence-corrected chi connectivity index (χ2v) is 8.78. The number of hydrogen-bond donors (Lipinski definition) is 4. The highest BCUT2D eigenvalue weighted by molar-refractivity contribution is 6.01. The van der Waals surface area contributed by atoms with E-state index in [4.69, 9.17) is 20.5 Å². The number of para-hydroxylation sites is 3. The molecule has 0 bridgehead atoms. The van der Waals surface area contributed by atoms with Crippen molar-refractivity contribution in [2.24, 2.45) is 5.92 Å². The van der Waals surface area contributed by atoms with Crippen molar-refractivity contribution < 1.29 is 24.2 Å². The SMILES string of the molecule is C[C@H](CC/C=C/C(=O)Nc1ccccc1N)[C@H](OC(=O)Nc1ccc(C#N)cc1)c1ccccc1OCCO. The van der Waals surface area contributed by atoms with Crippen molar-refractivity contribution in [1.82, 2.24) is 0 Å². The molecular formula is C30H32N4O5. The van der Waals surface area contributed by atoms with Gasteiger partial charge < -0.3 is 25.6 Å². The maximum absolute atomic E-state index is 12.8. The van der Waals surface area contributed by atoms with Crippen molar-refractivity contribution in [3.63, 3.8) is 0 Å². The summed E-state index contributed by atoms with van der Waals surface area (Å²) in [6, 6.07) is 22.7. The summed E-state index contributed by atoms with van der Waals surface area (Å²) >= 11 is 0. The molecule has 0 aromatic heterocycles. The highest BCUT2D eigenvalue weighted by atomic mass is 16.6. The Bertz CT molecular complexity index is 1320. The van der Waals surface area contributed by atoms with Gasteiger partial charge in [-0.3, -0.25) is 10.1 Å². The zero-order valence-corrected chi connectivity index (χ0v) is 21.7. The van der Waals surface area contributed by atoms with E-state index in [-0.39, 0.29) is 25.0 Å². The Morgan fingerprint density at radius 1 is 1.05 bits per heavy atom. The molecule has 9 nitrogen and oxygen atoms in total. The zero-order chi connectivity index (χ0) is 28.0. The van der Waals surface area contributed by atoms with Crippen LogP contribution in [0.3, 0.4) is 0 Å². The predicted octanol–water partition coefficient (Wildman–Crippen LogP) is 5.41. The molecular weight excluding hydrogens is 496 g/mol. The molecule has 39 heavy (non-hydrogen) atoms. The number of nitrogens with one attached hydrogen (secondary N) is 2. The summed E-state index contributed by atoms with van der Waals surface area (Å²) in [5, 5.41) is 23.6. The van der Waals surface area contributed by atoms with Gasteiger partial charge in [-0.2, -0.15) is 5.26 Å². The summed E-state index contributed by atoms with van der Waals surface area (Å²) in [4.78, 5) is 25.1. The number of aliphatic hydroxyl groups is 1. The number of rotatable bonds is 12. The van der Waals surface area contributed by atoms with E-state index in [1.807, 2.05) is 25.1 Å². The molecule has 202 valence electrons. The average Bonchev–Trinajstić information content (AvgIpc) is 2.94. The fraction of sp³-hybridized carbons (Fsp3) is 0.233. The Labute approximate surface area is 227 Å². The van der Waals surface area contributed by atoms with Gasteiger partial charge in [-0.1, -0.05) is 43.3 Å². The van der Waals surface area contributed by atoms with Gasteiger partial charge in [0.1, 0.15) is 18.5 Å². The van der Waals surface area contributed by atoms with Crippen LogP contribution in [-0.2, 0) is 9.53 Å². The average molecular weight is 529 g/mol. The van der Waals surface area contributed by atoms with Crippen molar-refractivity contribution >= 4 is 29.1 Å². The van der Waals surface area contributed by atoms with Crippen LogP contribution >= 0.6 is 0 Å². The number of nitriles is 1. The molecule has 0 heterocycles. The first kappa shape index (κ1) is 28.8. The number of carbonyl (C=O) groups excluding carboxylic acids is 2. The molecule has 0 aliphatic heterocycles. The second-order valence-electron chi connectivity index (χ2n) is 8.78. The third-order valence-corrected chi connectivity index (χ3v) is 5.86. The standard InChI is InChI=1S/C30H32N4O5/c1-21(8-2-7-13-28(36)34-26-11-5-4-10-25(26)32)29(24-9-3-6-12-27(24)38-19-18-35)39-30(37)33-23-16-14-22(20-31)15-17-23/h3-7,9-17,21,29,35H,2,8,18-19,32H2,1H3,(H,33,37)(H,34,36)/b13-7+/t21-,29+/m1/s1. The van der Waals surface area contributed by atoms with Crippen molar-refractivity contribution in [3.05, 3.63) is 96.1 Å². The Hall–Kier alpha value is -4.81. The highest BCUT2D eigenvalue weighted by Crippen LogP contribution is 2.35. The maximum atomic E-state index is 12.8. The first-order chi connectivity index (χ1) is 18.9. The van der Waals surface area contributed by atoms with E-state index in [2.05, 4.69) is 10.6 Å². The number of hydrogen-bond acceptors (Lipinski definition) is 7. The minimum absolute atomic E-state index is 0.0966. The van der Waals surface area contributed by atoms with E-state index < -0.39 is 12.2 Å². The number of nitrogen functional groups attached to an aromatic ring is 1. The molecule has 0 fully saturated rings. The molecule has 3 aromatic rings. The molecule has 0 saturated heterocycles. The van der Waals surface area contributed by atoms with Crippen LogP contribution in [0.15, 0.2) is 84.9 Å². The molecule has 5 N–H and O–H groups in total. The highest BCUT2D eigenvalue weighted by Gasteiger charge is 2.26. The number of amides is 2. The van der Waals surface area contributed by atoms with Crippen LogP contribution < -0.4 is 21.1 Å². The number of nitrogens with two attached hydrogens (primary N) is 1. The molecule has 3 rings (SSSR count). The predicted molar refractivity (Wildman–Crippen MR) is 150 cm³/mol. The number of nitrogens with zero attached hydrogens (tertiary/aromatic N) is 1. The van der Waals surface area contributed by atoms with Crippen molar-refractivity contribution in [1.29, 1.82) is 5.26 Å². The van der Waals surface area contributed by atoms with Gasteiger partial charge in [0.25, 0.3) is 0 Å². The molecule has 9 heteroatoms. The topological polar surface area (TPSA) is 147 Å².